The van der Waals surface area contributed by atoms with Crippen LogP contribution in [0.1, 0.15) is 51.6 Å². The minimum absolute atomic E-state index is 0.00638. The van der Waals surface area contributed by atoms with Gasteiger partial charge in [-0.1, -0.05) is 42.5 Å². The summed E-state index contributed by atoms with van der Waals surface area (Å²) >= 11 is 1.69. The fourth-order valence-electron chi connectivity index (χ4n) is 4.77. The number of anilines is 2. The number of carbonyl (C=O) groups excluding carboxylic acids is 2. The number of thiophene rings is 1. The van der Waals surface area contributed by atoms with Crippen molar-refractivity contribution >= 4 is 34.0 Å². The molecule has 2 N–H and O–H groups in total. The van der Waals surface area contributed by atoms with Crippen LogP contribution in [0.3, 0.4) is 0 Å². The maximum atomic E-state index is 13.7. The molecule has 32 heavy (non-hydrogen) atoms. The Morgan fingerprint density at radius 3 is 2.69 bits per heavy atom. The third kappa shape index (κ3) is 3.79. The highest BCUT2D eigenvalue weighted by atomic mass is 32.1. The number of nitrogens with zero attached hydrogens (tertiary/aromatic N) is 1. The summed E-state index contributed by atoms with van der Waals surface area (Å²) in [7, 11) is 0. The fraction of sp³-hybridized carbons (Fsp3) is 0.308. The molecular weight excluding hydrogens is 418 g/mol. The van der Waals surface area contributed by atoms with Gasteiger partial charge in [0.2, 0.25) is 5.91 Å². The molecule has 1 atom stereocenters. The second-order valence-corrected chi connectivity index (χ2v) is 9.80. The first-order valence-corrected chi connectivity index (χ1v) is 12.0. The number of hydrogen-bond donors (Lipinski definition) is 2. The monoisotopic (exact) mass is 445 g/mol. The Labute approximate surface area is 192 Å². The molecule has 5 rings (SSSR count). The molecule has 2 aromatic carbocycles. The lowest BCUT2D eigenvalue weighted by atomic mass is 9.89. The summed E-state index contributed by atoms with van der Waals surface area (Å²) in [4.78, 5) is 29.6. The third-order valence-electron chi connectivity index (χ3n) is 6.38. The van der Waals surface area contributed by atoms with Crippen LogP contribution >= 0.6 is 11.3 Å². The van der Waals surface area contributed by atoms with Crippen molar-refractivity contribution in [2.45, 2.75) is 45.6 Å². The van der Waals surface area contributed by atoms with Crippen molar-refractivity contribution in [1.82, 2.24) is 4.90 Å². The zero-order valence-electron chi connectivity index (χ0n) is 18.4. The first-order valence-electron chi connectivity index (χ1n) is 11.2. The minimum Gasteiger partial charge on any atom is -0.316 e. The van der Waals surface area contributed by atoms with Crippen LogP contribution < -0.4 is 10.6 Å². The molecular formula is C26H27N3O2S. The van der Waals surface area contributed by atoms with Gasteiger partial charge in [0, 0.05) is 16.1 Å². The second kappa shape index (κ2) is 8.43. The van der Waals surface area contributed by atoms with Crippen molar-refractivity contribution in [2.24, 2.45) is 0 Å². The van der Waals surface area contributed by atoms with Gasteiger partial charge in [0.25, 0.3) is 0 Å². The van der Waals surface area contributed by atoms with E-state index in [1.807, 2.05) is 50.2 Å². The van der Waals surface area contributed by atoms with Crippen molar-refractivity contribution in [3.8, 4) is 0 Å². The van der Waals surface area contributed by atoms with E-state index in [-0.39, 0.29) is 24.5 Å². The zero-order valence-corrected chi connectivity index (χ0v) is 19.2. The van der Waals surface area contributed by atoms with Crippen LogP contribution in [-0.2, 0) is 17.6 Å². The minimum atomic E-state index is -0.312. The maximum Gasteiger partial charge on any atom is 0.323 e. The number of benzene rings is 2. The Bertz CT molecular complexity index is 1190. The maximum absolute atomic E-state index is 13.7. The SMILES string of the molecule is Cc1ccc(C)c(NC(=O)N2CC(=O)Nc3sc4c(c3[C@@H]2c2ccccc2)CCCC4)c1. The number of hydrogen-bond acceptors (Lipinski definition) is 3. The summed E-state index contributed by atoms with van der Waals surface area (Å²) in [6, 6.07) is 15.5. The average molecular weight is 446 g/mol. The van der Waals surface area contributed by atoms with Gasteiger partial charge < -0.3 is 15.5 Å². The Morgan fingerprint density at radius 1 is 1.09 bits per heavy atom. The molecule has 1 aromatic heterocycles. The van der Waals surface area contributed by atoms with Crippen LogP contribution in [0.25, 0.3) is 0 Å². The Morgan fingerprint density at radius 2 is 1.88 bits per heavy atom. The summed E-state index contributed by atoms with van der Waals surface area (Å²) in [5, 5.41) is 7.09. The molecule has 3 amide bonds. The smallest absolute Gasteiger partial charge is 0.316 e. The van der Waals surface area contributed by atoms with E-state index in [1.54, 1.807) is 16.2 Å². The molecule has 1 aliphatic heterocycles. The third-order valence-corrected chi connectivity index (χ3v) is 7.60. The normalized spacial score (nSPS) is 17.8. The molecule has 2 heterocycles. The van der Waals surface area contributed by atoms with E-state index in [0.717, 1.165) is 52.2 Å². The molecule has 1 aliphatic carbocycles. The summed E-state index contributed by atoms with van der Waals surface area (Å²) in [5.41, 5.74) is 6.28. The number of amides is 3. The Kier molecular flexibility index (Phi) is 5.47. The molecule has 2 aliphatic rings. The van der Waals surface area contributed by atoms with Gasteiger partial charge in [-0.15, -0.1) is 11.3 Å². The van der Waals surface area contributed by atoms with Crippen molar-refractivity contribution in [3.63, 3.8) is 0 Å². The van der Waals surface area contributed by atoms with E-state index in [1.165, 1.54) is 16.9 Å². The number of nitrogens with one attached hydrogen (secondary N) is 2. The first kappa shape index (κ1) is 20.8. The van der Waals surface area contributed by atoms with Gasteiger partial charge in [-0.25, -0.2) is 4.79 Å². The Hall–Kier alpha value is -3.12. The summed E-state index contributed by atoms with van der Waals surface area (Å²) in [5.74, 6) is -0.153. The van der Waals surface area contributed by atoms with Gasteiger partial charge in [0.05, 0.1) is 6.04 Å². The molecule has 5 nitrogen and oxygen atoms in total. The van der Waals surface area contributed by atoms with Crippen LogP contribution in [0.2, 0.25) is 0 Å². The highest BCUT2D eigenvalue weighted by Gasteiger charge is 2.37. The van der Waals surface area contributed by atoms with Crippen LogP contribution in [0.15, 0.2) is 48.5 Å². The number of rotatable bonds is 2. The van der Waals surface area contributed by atoms with Crippen LogP contribution in [-0.4, -0.2) is 23.4 Å². The lowest BCUT2D eigenvalue weighted by Crippen LogP contribution is -2.42. The summed E-state index contributed by atoms with van der Waals surface area (Å²) in [6.45, 7) is 3.99. The number of carbonyl (C=O) groups is 2. The molecule has 0 radical (unpaired) electrons. The predicted molar refractivity (Wildman–Crippen MR) is 130 cm³/mol. The van der Waals surface area contributed by atoms with Crippen molar-refractivity contribution in [2.75, 3.05) is 17.2 Å². The van der Waals surface area contributed by atoms with Crippen molar-refractivity contribution in [1.29, 1.82) is 0 Å². The molecule has 0 unspecified atom stereocenters. The lowest BCUT2D eigenvalue weighted by Gasteiger charge is -2.31. The summed E-state index contributed by atoms with van der Waals surface area (Å²) in [6.07, 6.45) is 4.35. The van der Waals surface area contributed by atoms with Crippen LogP contribution in [0, 0.1) is 13.8 Å². The molecule has 164 valence electrons. The van der Waals surface area contributed by atoms with Crippen LogP contribution in [0.4, 0.5) is 15.5 Å². The van der Waals surface area contributed by atoms with Gasteiger partial charge >= 0.3 is 6.03 Å². The van der Waals surface area contributed by atoms with Crippen molar-refractivity contribution in [3.05, 3.63) is 81.2 Å². The van der Waals surface area contributed by atoms with E-state index in [4.69, 9.17) is 0 Å². The van der Waals surface area contributed by atoms with Gasteiger partial charge in [0.15, 0.2) is 0 Å². The predicted octanol–water partition coefficient (Wildman–Crippen LogP) is 5.82. The molecule has 3 aromatic rings. The number of urea groups is 1. The van der Waals surface area contributed by atoms with Crippen LogP contribution in [0.5, 0.6) is 0 Å². The second-order valence-electron chi connectivity index (χ2n) is 8.69. The van der Waals surface area contributed by atoms with E-state index >= 15 is 0 Å². The van der Waals surface area contributed by atoms with E-state index in [2.05, 4.69) is 22.8 Å². The highest BCUT2D eigenvalue weighted by Crippen LogP contribution is 2.46. The highest BCUT2D eigenvalue weighted by molar-refractivity contribution is 7.16. The molecule has 0 fully saturated rings. The van der Waals surface area contributed by atoms with E-state index in [0.29, 0.717) is 0 Å². The summed E-state index contributed by atoms with van der Waals surface area (Å²) < 4.78 is 0. The van der Waals surface area contributed by atoms with E-state index in [9.17, 15) is 9.59 Å². The molecule has 0 saturated heterocycles. The van der Waals surface area contributed by atoms with Gasteiger partial charge in [-0.2, -0.15) is 0 Å². The fourth-order valence-corrected chi connectivity index (χ4v) is 6.11. The molecule has 0 bridgehead atoms. The Balaban J connectivity index is 1.62. The quantitative estimate of drug-likeness (QED) is 0.522. The lowest BCUT2D eigenvalue weighted by molar-refractivity contribution is -0.116. The van der Waals surface area contributed by atoms with Gasteiger partial charge in [0.1, 0.15) is 11.5 Å². The molecule has 6 heteroatoms. The number of aryl methyl sites for hydroxylation is 3. The van der Waals surface area contributed by atoms with Gasteiger partial charge in [-0.3, -0.25) is 4.79 Å². The van der Waals surface area contributed by atoms with Gasteiger partial charge in [-0.05, 0) is 67.9 Å². The average Bonchev–Trinajstić information content (AvgIpc) is 3.06. The largest absolute Gasteiger partial charge is 0.323 e. The molecule has 0 saturated carbocycles. The number of fused-ring (bicyclic) bond motifs is 3. The molecule has 0 spiro atoms. The topological polar surface area (TPSA) is 61.4 Å². The zero-order chi connectivity index (χ0) is 22.2. The first-order chi connectivity index (χ1) is 15.5. The van der Waals surface area contributed by atoms with E-state index < -0.39 is 0 Å². The van der Waals surface area contributed by atoms with Crippen molar-refractivity contribution < 1.29 is 9.59 Å². The standard InChI is InChI=1S/C26H27N3O2S/c1-16-12-13-17(2)20(14-16)27-26(31)29-15-22(30)28-25-23(19-10-6-7-11-21(19)32-25)24(29)18-8-4-3-5-9-18/h3-5,8-9,12-14,24H,6-7,10-11,15H2,1-2H3,(H,27,31)(H,28,30)/t24-/m0/s1.